The number of hydrogen-bond donors (Lipinski definition) is 0. The molecule has 0 aliphatic carbocycles. The molecule has 1 fully saturated rings. The molecular formula is C23H24FNO3. The molecule has 3 aromatic carbocycles. The van der Waals surface area contributed by atoms with Crippen molar-refractivity contribution in [2.24, 2.45) is 0 Å². The maximum Gasteiger partial charge on any atom is 0.123 e. The molecule has 1 heterocycles. The number of benzene rings is 3. The normalized spacial score (nSPS) is 17.6. The van der Waals surface area contributed by atoms with Crippen molar-refractivity contribution < 1.29 is 18.6 Å². The van der Waals surface area contributed by atoms with E-state index in [1.807, 2.05) is 12.1 Å². The van der Waals surface area contributed by atoms with Gasteiger partial charge in [-0.3, -0.25) is 4.90 Å². The Balaban J connectivity index is 1.52. The first-order valence-corrected chi connectivity index (χ1v) is 9.40. The Kier molecular flexibility index (Phi) is 5.46. The number of nitrogens with zero attached hydrogens (tertiary/aromatic N) is 1. The summed E-state index contributed by atoms with van der Waals surface area (Å²) in [6, 6.07) is 17.1. The Labute approximate surface area is 164 Å². The largest absolute Gasteiger partial charge is 0.497 e. The van der Waals surface area contributed by atoms with Crippen molar-refractivity contribution in [2.45, 2.75) is 12.6 Å². The highest BCUT2D eigenvalue weighted by Crippen LogP contribution is 2.29. The average Bonchev–Trinajstić information content (AvgIpc) is 2.73. The van der Waals surface area contributed by atoms with Crippen LogP contribution < -0.4 is 9.47 Å². The van der Waals surface area contributed by atoms with Crippen LogP contribution in [0.15, 0.2) is 54.6 Å². The first-order valence-electron chi connectivity index (χ1n) is 9.40. The summed E-state index contributed by atoms with van der Waals surface area (Å²) < 4.78 is 30.4. The zero-order valence-corrected chi connectivity index (χ0v) is 16.2. The Bertz CT molecular complexity index is 975. The van der Waals surface area contributed by atoms with Crippen LogP contribution in [0.3, 0.4) is 0 Å². The van der Waals surface area contributed by atoms with Crippen LogP contribution in [0.2, 0.25) is 0 Å². The average molecular weight is 381 g/mol. The van der Waals surface area contributed by atoms with E-state index in [1.165, 1.54) is 6.07 Å². The molecule has 0 amide bonds. The van der Waals surface area contributed by atoms with Crippen LogP contribution in [0.25, 0.3) is 10.8 Å². The lowest BCUT2D eigenvalue weighted by Crippen LogP contribution is -2.37. The van der Waals surface area contributed by atoms with Crippen molar-refractivity contribution in [1.82, 2.24) is 4.90 Å². The van der Waals surface area contributed by atoms with Gasteiger partial charge in [-0.25, -0.2) is 4.39 Å². The summed E-state index contributed by atoms with van der Waals surface area (Å²) in [6.07, 6.45) is -0.0141. The molecular weight excluding hydrogens is 357 g/mol. The van der Waals surface area contributed by atoms with Gasteiger partial charge in [0.15, 0.2) is 0 Å². The second-order valence-electron chi connectivity index (χ2n) is 7.02. The Morgan fingerprint density at radius 2 is 1.82 bits per heavy atom. The van der Waals surface area contributed by atoms with Crippen LogP contribution in [-0.4, -0.2) is 38.8 Å². The molecule has 146 valence electrons. The maximum absolute atomic E-state index is 13.7. The van der Waals surface area contributed by atoms with Gasteiger partial charge in [0.2, 0.25) is 0 Å². The SMILES string of the molecule is COc1ccc2cc([C@@H]3CN(Cc4cc(F)ccc4OC)CCO3)ccc2c1. The molecule has 1 atom stereocenters. The molecule has 3 aromatic rings. The van der Waals surface area contributed by atoms with Crippen LogP contribution >= 0.6 is 0 Å². The number of methoxy groups -OCH3 is 2. The predicted octanol–water partition coefficient (Wildman–Crippen LogP) is 4.57. The van der Waals surface area contributed by atoms with Crippen LogP contribution in [0.5, 0.6) is 11.5 Å². The quantitative estimate of drug-likeness (QED) is 0.648. The number of ether oxygens (including phenoxy) is 3. The van der Waals surface area contributed by atoms with E-state index in [0.29, 0.717) is 18.9 Å². The fourth-order valence-electron chi connectivity index (χ4n) is 3.73. The van der Waals surface area contributed by atoms with Gasteiger partial charge in [-0.15, -0.1) is 0 Å². The minimum Gasteiger partial charge on any atom is -0.497 e. The standard InChI is InChI=1S/C23H24FNO3/c1-26-21-7-5-16-11-18(4-3-17(16)13-21)23-15-25(9-10-28-23)14-19-12-20(24)6-8-22(19)27-2/h3-8,11-13,23H,9-10,14-15H2,1-2H3/t23-/m0/s1. The van der Waals surface area contributed by atoms with E-state index in [2.05, 4.69) is 29.2 Å². The molecule has 28 heavy (non-hydrogen) atoms. The predicted molar refractivity (Wildman–Crippen MR) is 107 cm³/mol. The van der Waals surface area contributed by atoms with E-state index >= 15 is 0 Å². The van der Waals surface area contributed by atoms with Crippen molar-refractivity contribution in [3.05, 3.63) is 71.5 Å². The van der Waals surface area contributed by atoms with E-state index in [-0.39, 0.29) is 11.9 Å². The maximum atomic E-state index is 13.7. The number of hydrogen-bond acceptors (Lipinski definition) is 4. The van der Waals surface area contributed by atoms with Gasteiger partial charge in [0.25, 0.3) is 0 Å². The summed E-state index contributed by atoms with van der Waals surface area (Å²) in [5.74, 6) is 1.32. The highest BCUT2D eigenvalue weighted by molar-refractivity contribution is 5.84. The van der Waals surface area contributed by atoms with Gasteiger partial charge in [-0.05, 0) is 52.7 Å². The second kappa shape index (κ2) is 8.17. The van der Waals surface area contributed by atoms with Crippen molar-refractivity contribution in [3.8, 4) is 11.5 Å². The molecule has 0 bridgehead atoms. The molecule has 5 heteroatoms. The highest BCUT2D eigenvalue weighted by atomic mass is 19.1. The van der Waals surface area contributed by atoms with E-state index in [4.69, 9.17) is 14.2 Å². The lowest BCUT2D eigenvalue weighted by atomic mass is 10.0. The third-order valence-electron chi connectivity index (χ3n) is 5.23. The third-order valence-corrected chi connectivity index (χ3v) is 5.23. The van der Waals surface area contributed by atoms with E-state index in [1.54, 1.807) is 26.4 Å². The summed E-state index contributed by atoms with van der Waals surface area (Å²) in [5, 5.41) is 2.30. The molecule has 0 aromatic heterocycles. The Morgan fingerprint density at radius 3 is 2.64 bits per heavy atom. The van der Waals surface area contributed by atoms with Crippen LogP contribution in [0, 0.1) is 5.82 Å². The minimum absolute atomic E-state index is 0.0141. The molecule has 4 nitrogen and oxygen atoms in total. The van der Waals surface area contributed by atoms with Crippen molar-refractivity contribution in [1.29, 1.82) is 0 Å². The number of fused-ring (bicyclic) bond motifs is 1. The van der Waals surface area contributed by atoms with Crippen molar-refractivity contribution in [3.63, 3.8) is 0 Å². The zero-order chi connectivity index (χ0) is 19.5. The monoisotopic (exact) mass is 381 g/mol. The van der Waals surface area contributed by atoms with Crippen LogP contribution in [0.4, 0.5) is 4.39 Å². The lowest BCUT2D eigenvalue weighted by Gasteiger charge is -2.33. The molecule has 0 unspecified atom stereocenters. The number of halogens is 1. The molecule has 4 rings (SSSR count). The van der Waals surface area contributed by atoms with E-state index in [0.717, 1.165) is 40.7 Å². The minimum atomic E-state index is -0.245. The fraction of sp³-hybridized carbons (Fsp3) is 0.304. The zero-order valence-electron chi connectivity index (χ0n) is 16.2. The first kappa shape index (κ1) is 18.7. The van der Waals surface area contributed by atoms with Crippen LogP contribution in [-0.2, 0) is 11.3 Å². The number of rotatable bonds is 5. The van der Waals surface area contributed by atoms with Crippen molar-refractivity contribution >= 4 is 10.8 Å². The summed E-state index contributed by atoms with van der Waals surface area (Å²) in [6.45, 7) is 2.83. The van der Waals surface area contributed by atoms with E-state index in [9.17, 15) is 4.39 Å². The van der Waals surface area contributed by atoms with Gasteiger partial charge in [0.05, 0.1) is 26.9 Å². The Hall–Kier alpha value is -2.63. The molecule has 0 spiro atoms. The Morgan fingerprint density at radius 1 is 1.00 bits per heavy atom. The summed E-state index contributed by atoms with van der Waals surface area (Å²) in [5.41, 5.74) is 2.00. The van der Waals surface area contributed by atoms with Gasteiger partial charge in [-0.2, -0.15) is 0 Å². The van der Waals surface area contributed by atoms with E-state index < -0.39 is 0 Å². The highest BCUT2D eigenvalue weighted by Gasteiger charge is 2.23. The van der Waals surface area contributed by atoms with Crippen molar-refractivity contribution in [2.75, 3.05) is 33.9 Å². The molecule has 0 N–H and O–H groups in total. The summed E-state index contributed by atoms with van der Waals surface area (Å²) >= 11 is 0. The second-order valence-corrected chi connectivity index (χ2v) is 7.02. The van der Waals surface area contributed by atoms with Gasteiger partial charge >= 0.3 is 0 Å². The van der Waals surface area contributed by atoms with Crippen LogP contribution in [0.1, 0.15) is 17.2 Å². The fourth-order valence-corrected chi connectivity index (χ4v) is 3.73. The smallest absolute Gasteiger partial charge is 0.123 e. The third kappa shape index (κ3) is 3.96. The van der Waals surface area contributed by atoms with Gasteiger partial charge in [0.1, 0.15) is 17.3 Å². The topological polar surface area (TPSA) is 30.9 Å². The summed E-state index contributed by atoms with van der Waals surface area (Å²) in [7, 11) is 3.29. The molecule has 1 aliphatic rings. The number of morpholine rings is 1. The molecule has 0 radical (unpaired) electrons. The van der Waals surface area contributed by atoms with Gasteiger partial charge in [0, 0.05) is 25.2 Å². The molecule has 1 aliphatic heterocycles. The van der Waals surface area contributed by atoms with Gasteiger partial charge < -0.3 is 14.2 Å². The molecule has 0 saturated carbocycles. The molecule has 1 saturated heterocycles. The first-order chi connectivity index (χ1) is 13.7. The summed E-state index contributed by atoms with van der Waals surface area (Å²) in [4.78, 5) is 2.28. The van der Waals surface area contributed by atoms with Gasteiger partial charge in [-0.1, -0.05) is 18.2 Å². The lowest BCUT2D eigenvalue weighted by molar-refractivity contribution is -0.0330.